The summed E-state index contributed by atoms with van der Waals surface area (Å²) in [6.45, 7) is 3.51. The molecule has 0 atom stereocenters. The molecule has 2 heterocycles. The van der Waals surface area contributed by atoms with Gasteiger partial charge in [-0.3, -0.25) is 18.8 Å². The van der Waals surface area contributed by atoms with Gasteiger partial charge in [-0.05, 0) is 41.9 Å². The van der Waals surface area contributed by atoms with Crippen molar-refractivity contribution in [2.45, 2.75) is 26.4 Å². The number of ether oxygens (including phenoxy) is 1. The fraction of sp³-hybridized carbons (Fsp3) is 0.294. The molecular weight excluding hydrogens is 421 g/mol. The van der Waals surface area contributed by atoms with Crippen LogP contribution in [0.4, 0.5) is 10.1 Å². The molecule has 0 aliphatic carbocycles. The van der Waals surface area contributed by atoms with Crippen molar-refractivity contribution < 1.29 is 13.9 Å². The highest BCUT2D eigenvalue weighted by atomic mass is 79.9. The number of hydrogen-bond donors (Lipinski definition) is 1. The predicted molar refractivity (Wildman–Crippen MR) is 101 cm³/mol. The summed E-state index contributed by atoms with van der Waals surface area (Å²) in [6, 6.07) is 4.00. The lowest BCUT2D eigenvalue weighted by Crippen LogP contribution is -2.29. The summed E-state index contributed by atoms with van der Waals surface area (Å²) in [5.74, 6) is -1.01. The average molecular weight is 438 g/mol. The zero-order chi connectivity index (χ0) is 19.7. The first-order chi connectivity index (χ1) is 12.8. The van der Waals surface area contributed by atoms with Crippen LogP contribution in [0, 0.1) is 5.82 Å². The Bertz CT molecular complexity index is 1080. The third-order valence-corrected chi connectivity index (χ3v) is 4.41. The molecule has 27 heavy (non-hydrogen) atoms. The van der Waals surface area contributed by atoms with Crippen LogP contribution < -0.4 is 15.6 Å². The number of nitrogens with zero attached hydrogens (tertiary/aromatic N) is 4. The van der Waals surface area contributed by atoms with E-state index in [1.807, 2.05) is 13.8 Å². The van der Waals surface area contributed by atoms with Gasteiger partial charge in [0, 0.05) is 17.8 Å². The molecule has 0 saturated carbocycles. The van der Waals surface area contributed by atoms with Gasteiger partial charge in [0.05, 0.1) is 13.4 Å². The normalized spacial score (nSPS) is 11.2. The van der Waals surface area contributed by atoms with Crippen LogP contribution >= 0.6 is 15.9 Å². The number of amides is 1. The minimum absolute atomic E-state index is 0.0553. The Balaban J connectivity index is 1.87. The third kappa shape index (κ3) is 3.70. The van der Waals surface area contributed by atoms with E-state index in [0.717, 1.165) is 6.07 Å². The van der Waals surface area contributed by atoms with E-state index in [1.54, 1.807) is 4.68 Å². The minimum Gasteiger partial charge on any atom is -0.494 e. The van der Waals surface area contributed by atoms with Gasteiger partial charge in [-0.25, -0.2) is 9.37 Å². The summed E-state index contributed by atoms with van der Waals surface area (Å²) in [6.07, 6.45) is 1.29. The van der Waals surface area contributed by atoms with Gasteiger partial charge in [-0.2, -0.15) is 5.10 Å². The summed E-state index contributed by atoms with van der Waals surface area (Å²) in [5, 5.41) is 6.81. The molecule has 1 N–H and O–H groups in total. The molecule has 0 unspecified atom stereocenters. The fourth-order valence-electron chi connectivity index (χ4n) is 2.61. The molecule has 0 saturated heterocycles. The number of methoxy groups -OCH3 is 1. The molecule has 1 amide bonds. The highest BCUT2D eigenvalue weighted by Gasteiger charge is 2.18. The number of carbonyl (C=O) groups is 1. The highest BCUT2D eigenvalue weighted by Crippen LogP contribution is 2.22. The molecule has 0 aliphatic rings. The summed E-state index contributed by atoms with van der Waals surface area (Å²) >= 11 is 3.29. The van der Waals surface area contributed by atoms with Gasteiger partial charge in [-0.15, -0.1) is 0 Å². The van der Waals surface area contributed by atoms with Crippen LogP contribution in [-0.2, 0) is 11.3 Å². The standard InChI is InChI=1S/C17H17BrFN5O3/c1-9(2)24-15-14(16(18)22-24)20-8-23(17(15)26)7-13(25)21-10-4-5-12(27-3)11(19)6-10/h4-6,8-9H,7H2,1-3H3,(H,21,25). The molecule has 10 heteroatoms. The zero-order valence-corrected chi connectivity index (χ0v) is 16.4. The lowest BCUT2D eigenvalue weighted by Gasteiger charge is -2.10. The minimum atomic E-state index is -0.596. The van der Waals surface area contributed by atoms with Gasteiger partial charge in [-0.1, -0.05) is 0 Å². The maximum Gasteiger partial charge on any atom is 0.280 e. The van der Waals surface area contributed by atoms with Crippen LogP contribution in [-0.4, -0.2) is 32.3 Å². The number of fused-ring (bicyclic) bond motifs is 1. The molecule has 0 spiro atoms. The Morgan fingerprint density at radius 3 is 2.78 bits per heavy atom. The Labute approximate surface area is 162 Å². The highest BCUT2D eigenvalue weighted by molar-refractivity contribution is 9.10. The van der Waals surface area contributed by atoms with E-state index in [1.165, 1.54) is 30.1 Å². The molecular formula is C17H17BrFN5O3. The van der Waals surface area contributed by atoms with Crippen molar-refractivity contribution in [2.24, 2.45) is 0 Å². The molecule has 3 rings (SSSR count). The largest absolute Gasteiger partial charge is 0.494 e. The van der Waals surface area contributed by atoms with E-state index in [9.17, 15) is 14.0 Å². The van der Waals surface area contributed by atoms with Crippen LogP contribution in [0.2, 0.25) is 0 Å². The van der Waals surface area contributed by atoms with Crippen LogP contribution in [0.15, 0.2) is 33.9 Å². The van der Waals surface area contributed by atoms with E-state index in [2.05, 4.69) is 31.3 Å². The Morgan fingerprint density at radius 2 is 2.15 bits per heavy atom. The van der Waals surface area contributed by atoms with Crippen LogP contribution in [0.5, 0.6) is 5.75 Å². The number of carbonyl (C=O) groups excluding carboxylic acids is 1. The third-order valence-electron chi connectivity index (χ3n) is 3.87. The second-order valence-electron chi connectivity index (χ2n) is 6.10. The van der Waals surface area contributed by atoms with Gasteiger partial charge < -0.3 is 10.1 Å². The van der Waals surface area contributed by atoms with E-state index >= 15 is 0 Å². The van der Waals surface area contributed by atoms with Crippen molar-refractivity contribution in [1.82, 2.24) is 19.3 Å². The molecule has 0 fully saturated rings. The fourth-order valence-corrected chi connectivity index (χ4v) is 3.07. The number of anilines is 1. The quantitative estimate of drug-likeness (QED) is 0.662. The van der Waals surface area contributed by atoms with Crippen LogP contribution in [0.25, 0.3) is 11.0 Å². The summed E-state index contributed by atoms with van der Waals surface area (Å²) in [7, 11) is 1.35. The van der Waals surface area contributed by atoms with Crippen molar-refractivity contribution in [2.75, 3.05) is 12.4 Å². The Morgan fingerprint density at radius 1 is 1.41 bits per heavy atom. The number of aromatic nitrogens is 4. The van der Waals surface area contributed by atoms with Crippen LogP contribution in [0.3, 0.4) is 0 Å². The van der Waals surface area contributed by atoms with E-state index in [4.69, 9.17) is 4.74 Å². The van der Waals surface area contributed by atoms with Crippen molar-refractivity contribution in [3.8, 4) is 5.75 Å². The average Bonchev–Trinajstić information content (AvgIpc) is 2.95. The number of hydrogen-bond acceptors (Lipinski definition) is 5. The van der Waals surface area contributed by atoms with Gasteiger partial charge in [0.2, 0.25) is 5.91 Å². The van der Waals surface area contributed by atoms with Crippen molar-refractivity contribution in [3.05, 3.63) is 45.3 Å². The second-order valence-corrected chi connectivity index (χ2v) is 6.85. The maximum atomic E-state index is 13.7. The monoisotopic (exact) mass is 437 g/mol. The van der Waals surface area contributed by atoms with Crippen molar-refractivity contribution >= 4 is 38.6 Å². The summed E-state index contributed by atoms with van der Waals surface area (Å²) in [5.41, 5.74) is 0.614. The van der Waals surface area contributed by atoms with E-state index in [0.29, 0.717) is 15.6 Å². The van der Waals surface area contributed by atoms with E-state index in [-0.39, 0.29) is 29.6 Å². The number of nitrogens with one attached hydrogen (secondary N) is 1. The molecule has 3 aromatic rings. The first-order valence-electron chi connectivity index (χ1n) is 8.08. The number of halogens is 2. The number of benzene rings is 1. The van der Waals surface area contributed by atoms with Gasteiger partial charge in [0.25, 0.3) is 5.56 Å². The molecule has 2 aromatic heterocycles. The first-order valence-corrected chi connectivity index (χ1v) is 8.87. The van der Waals surface area contributed by atoms with Gasteiger partial charge in [0.15, 0.2) is 21.7 Å². The lowest BCUT2D eigenvalue weighted by molar-refractivity contribution is -0.116. The van der Waals surface area contributed by atoms with Gasteiger partial charge in [0.1, 0.15) is 12.1 Å². The molecule has 0 aliphatic heterocycles. The predicted octanol–water partition coefficient (Wildman–Crippen LogP) is 2.72. The first kappa shape index (κ1) is 19.0. The molecule has 1 aromatic carbocycles. The second kappa shape index (κ2) is 7.47. The van der Waals surface area contributed by atoms with Gasteiger partial charge >= 0.3 is 0 Å². The Kier molecular flexibility index (Phi) is 5.26. The molecule has 0 radical (unpaired) electrons. The maximum absolute atomic E-state index is 13.7. The van der Waals surface area contributed by atoms with Crippen molar-refractivity contribution in [3.63, 3.8) is 0 Å². The molecule has 142 valence electrons. The molecule has 8 nitrogen and oxygen atoms in total. The van der Waals surface area contributed by atoms with Crippen molar-refractivity contribution in [1.29, 1.82) is 0 Å². The number of rotatable bonds is 5. The zero-order valence-electron chi connectivity index (χ0n) is 14.9. The summed E-state index contributed by atoms with van der Waals surface area (Å²) in [4.78, 5) is 29.3. The lowest BCUT2D eigenvalue weighted by atomic mass is 10.3. The molecule has 0 bridgehead atoms. The summed E-state index contributed by atoms with van der Waals surface area (Å²) < 4.78 is 21.8. The Hall–Kier alpha value is -2.75. The SMILES string of the molecule is COc1ccc(NC(=O)Cn2cnc3c(Br)nn(C(C)C)c3c2=O)cc1F. The van der Waals surface area contributed by atoms with Crippen LogP contribution in [0.1, 0.15) is 19.9 Å². The topological polar surface area (TPSA) is 91.0 Å². The smallest absolute Gasteiger partial charge is 0.280 e. The van der Waals surface area contributed by atoms with E-state index < -0.39 is 11.7 Å².